The highest BCUT2D eigenvalue weighted by atomic mass is 31.1. The Labute approximate surface area is 130 Å². The minimum absolute atomic E-state index is 0.211. The molecule has 0 fully saturated rings. The number of anilines is 1. The first-order chi connectivity index (χ1) is 9.82. The molecule has 1 nitrogen and oxygen atoms in total. The van der Waals surface area contributed by atoms with Gasteiger partial charge in [0.25, 0.3) is 0 Å². The van der Waals surface area contributed by atoms with Crippen molar-refractivity contribution in [1.82, 2.24) is 0 Å². The van der Waals surface area contributed by atoms with Gasteiger partial charge in [-0.3, -0.25) is 0 Å². The van der Waals surface area contributed by atoms with Crippen molar-refractivity contribution in [2.45, 2.75) is 25.9 Å². The zero-order valence-corrected chi connectivity index (χ0v) is 14.9. The Kier molecular flexibility index (Phi) is 4.74. The van der Waals surface area contributed by atoms with Crippen molar-refractivity contribution in [3.05, 3.63) is 48.5 Å². The van der Waals surface area contributed by atoms with E-state index in [4.69, 9.17) is 0 Å². The highest BCUT2D eigenvalue weighted by Crippen LogP contribution is 2.47. The monoisotopic (exact) mass is 299 g/mol. The maximum atomic E-state index is 2.40. The van der Waals surface area contributed by atoms with Gasteiger partial charge in [-0.2, -0.15) is 0 Å². The second kappa shape index (κ2) is 6.20. The summed E-state index contributed by atoms with van der Waals surface area (Å²) in [6, 6.07) is 17.6. The van der Waals surface area contributed by atoms with E-state index >= 15 is 0 Å². The third kappa shape index (κ3) is 3.47. The van der Waals surface area contributed by atoms with Crippen LogP contribution in [0.4, 0.5) is 5.69 Å². The summed E-state index contributed by atoms with van der Waals surface area (Å²) in [6.07, 6.45) is 0. The predicted molar refractivity (Wildman–Crippen MR) is 98.4 cm³/mol. The molecule has 0 bridgehead atoms. The Balaban J connectivity index is 2.61. The van der Waals surface area contributed by atoms with Crippen LogP contribution in [0.3, 0.4) is 0 Å². The lowest BCUT2D eigenvalue weighted by atomic mass is 10.0. The van der Waals surface area contributed by atoms with Crippen LogP contribution >= 0.6 is 7.92 Å². The Morgan fingerprint density at radius 3 is 1.90 bits per heavy atom. The Morgan fingerprint density at radius 2 is 1.33 bits per heavy atom. The van der Waals surface area contributed by atoms with E-state index in [0.29, 0.717) is 5.16 Å². The van der Waals surface area contributed by atoms with Gasteiger partial charge in [0.05, 0.1) is 0 Å². The topological polar surface area (TPSA) is 3.24 Å². The summed E-state index contributed by atoms with van der Waals surface area (Å²) in [4.78, 5) is 2.20. The molecule has 0 spiro atoms. The van der Waals surface area contributed by atoms with Crippen molar-refractivity contribution in [1.29, 1.82) is 0 Å². The molecule has 0 aliphatic rings. The molecule has 21 heavy (non-hydrogen) atoms. The molecule has 2 rings (SSSR count). The Morgan fingerprint density at radius 1 is 0.810 bits per heavy atom. The van der Waals surface area contributed by atoms with Gasteiger partial charge in [-0.05, 0) is 28.8 Å². The summed E-state index contributed by atoms with van der Waals surface area (Å²) < 4.78 is 0. The minimum atomic E-state index is -0.211. The third-order valence-corrected chi connectivity index (χ3v) is 7.07. The molecule has 0 saturated carbocycles. The van der Waals surface area contributed by atoms with E-state index in [1.54, 1.807) is 0 Å². The van der Waals surface area contributed by atoms with Crippen molar-refractivity contribution in [3.63, 3.8) is 0 Å². The van der Waals surface area contributed by atoms with Crippen LogP contribution in [-0.4, -0.2) is 25.9 Å². The molecule has 0 heterocycles. The van der Waals surface area contributed by atoms with E-state index < -0.39 is 0 Å². The quantitative estimate of drug-likeness (QED) is 0.724. The maximum absolute atomic E-state index is 2.40. The van der Waals surface area contributed by atoms with Crippen molar-refractivity contribution >= 4 is 18.9 Å². The molecule has 2 aromatic carbocycles. The van der Waals surface area contributed by atoms with Crippen LogP contribution in [0.1, 0.15) is 20.8 Å². The fourth-order valence-electron chi connectivity index (χ4n) is 2.45. The molecule has 0 N–H and O–H groups in total. The van der Waals surface area contributed by atoms with Crippen molar-refractivity contribution < 1.29 is 0 Å². The molecule has 112 valence electrons. The van der Waals surface area contributed by atoms with Crippen LogP contribution < -0.4 is 10.2 Å². The number of benzene rings is 2. The van der Waals surface area contributed by atoms with Gasteiger partial charge in [0.1, 0.15) is 0 Å². The predicted octanol–water partition coefficient (Wildman–Crippen LogP) is 4.96. The van der Waals surface area contributed by atoms with Crippen LogP contribution in [-0.2, 0) is 0 Å². The molecular weight excluding hydrogens is 273 g/mol. The van der Waals surface area contributed by atoms with Crippen molar-refractivity contribution in [2.24, 2.45) is 0 Å². The minimum Gasteiger partial charge on any atom is -0.377 e. The zero-order chi connectivity index (χ0) is 15.6. The van der Waals surface area contributed by atoms with Crippen LogP contribution in [0.25, 0.3) is 11.1 Å². The van der Waals surface area contributed by atoms with Gasteiger partial charge in [-0.15, -0.1) is 0 Å². The van der Waals surface area contributed by atoms with E-state index in [-0.39, 0.29) is 7.92 Å². The van der Waals surface area contributed by atoms with Gasteiger partial charge in [-0.1, -0.05) is 71.2 Å². The Hall–Kier alpha value is -1.33. The lowest BCUT2D eigenvalue weighted by Crippen LogP contribution is -2.20. The molecule has 2 heteroatoms. The second-order valence-corrected chi connectivity index (χ2v) is 9.60. The van der Waals surface area contributed by atoms with E-state index in [2.05, 4.69) is 95.0 Å². The molecule has 0 aromatic heterocycles. The number of nitrogens with zero attached hydrogens (tertiary/aromatic N) is 1. The summed E-state index contributed by atoms with van der Waals surface area (Å²) in [5.74, 6) is 0. The molecule has 0 aliphatic carbocycles. The first kappa shape index (κ1) is 16.0. The summed E-state index contributed by atoms with van der Waals surface area (Å²) in [7, 11) is 4.01. The molecule has 1 atom stereocenters. The summed E-state index contributed by atoms with van der Waals surface area (Å²) >= 11 is 0. The van der Waals surface area contributed by atoms with Gasteiger partial charge in [0.2, 0.25) is 0 Å². The van der Waals surface area contributed by atoms with Crippen LogP contribution in [0.5, 0.6) is 0 Å². The molecule has 0 saturated heterocycles. The van der Waals surface area contributed by atoms with E-state index in [0.717, 1.165) is 0 Å². The first-order valence-electron chi connectivity index (χ1n) is 7.42. The van der Waals surface area contributed by atoms with Gasteiger partial charge < -0.3 is 4.90 Å². The molecule has 2 aromatic rings. The summed E-state index contributed by atoms with van der Waals surface area (Å²) in [5.41, 5.74) is 3.99. The largest absolute Gasteiger partial charge is 0.377 e. The Bertz CT molecular complexity index is 611. The smallest absolute Gasteiger partial charge is 0.0440 e. The highest BCUT2D eigenvalue weighted by molar-refractivity contribution is 7.66. The number of hydrogen-bond acceptors (Lipinski definition) is 1. The highest BCUT2D eigenvalue weighted by Gasteiger charge is 2.24. The zero-order valence-electron chi connectivity index (χ0n) is 14.0. The van der Waals surface area contributed by atoms with E-state index in [1.165, 1.54) is 22.1 Å². The maximum Gasteiger partial charge on any atom is 0.0440 e. The summed E-state index contributed by atoms with van der Waals surface area (Å²) in [5, 5.41) is 1.81. The molecular formula is C19H26NP. The second-order valence-electron chi connectivity index (χ2n) is 6.66. The van der Waals surface area contributed by atoms with Gasteiger partial charge >= 0.3 is 0 Å². The van der Waals surface area contributed by atoms with E-state index in [1.807, 2.05) is 0 Å². The van der Waals surface area contributed by atoms with Crippen LogP contribution in [0.15, 0.2) is 48.5 Å². The standard InChI is InChI=1S/C19H26NP/c1-19(2,3)21(6)18-14-10-8-12-16(18)15-11-7-9-13-17(15)20(4)5/h7-14H,1-6H3. The first-order valence-corrected chi connectivity index (χ1v) is 9.21. The van der Waals surface area contributed by atoms with Gasteiger partial charge in [0, 0.05) is 25.3 Å². The molecule has 0 aliphatic heterocycles. The third-order valence-electron chi connectivity index (χ3n) is 3.95. The molecule has 0 amide bonds. The van der Waals surface area contributed by atoms with E-state index in [9.17, 15) is 0 Å². The number of para-hydroxylation sites is 1. The normalized spacial score (nSPS) is 13.0. The average molecular weight is 299 g/mol. The SMILES string of the molecule is CN(C)c1ccccc1-c1ccccc1P(C)C(C)(C)C. The van der Waals surface area contributed by atoms with Gasteiger partial charge in [0.15, 0.2) is 0 Å². The lowest BCUT2D eigenvalue weighted by molar-refractivity contribution is 0.791. The van der Waals surface area contributed by atoms with Crippen molar-refractivity contribution in [2.75, 3.05) is 25.7 Å². The van der Waals surface area contributed by atoms with Crippen LogP contribution in [0, 0.1) is 0 Å². The number of hydrogen-bond donors (Lipinski definition) is 0. The number of rotatable bonds is 3. The van der Waals surface area contributed by atoms with Crippen molar-refractivity contribution in [3.8, 4) is 11.1 Å². The average Bonchev–Trinajstić information content (AvgIpc) is 2.45. The summed E-state index contributed by atoms with van der Waals surface area (Å²) in [6.45, 7) is 9.42. The fourth-order valence-corrected chi connectivity index (χ4v) is 4.04. The lowest BCUT2D eigenvalue weighted by Gasteiger charge is -2.30. The fraction of sp³-hybridized carbons (Fsp3) is 0.368. The molecule has 0 radical (unpaired) electrons. The molecule has 1 unspecified atom stereocenters. The van der Waals surface area contributed by atoms with Crippen LogP contribution in [0.2, 0.25) is 0 Å². The van der Waals surface area contributed by atoms with Gasteiger partial charge in [-0.25, -0.2) is 0 Å².